The zero-order valence-electron chi connectivity index (χ0n) is 9.12. The fourth-order valence-corrected chi connectivity index (χ4v) is 2.13. The number of aliphatic hydroxyl groups excluding tert-OH is 1. The van der Waals surface area contributed by atoms with E-state index in [4.69, 9.17) is 9.52 Å². The molecule has 1 saturated heterocycles. The van der Waals surface area contributed by atoms with Gasteiger partial charge in [-0.3, -0.25) is 0 Å². The smallest absolute Gasteiger partial charge is 0.196 e. The third kappa shape index (κ3) is 2.38. The van der Waals surface area contributed by atoms with Gasteiger partial charge in [-0.05, 0) is 26.3 Å². The second-order valence-corrected chi connectivity index (χ2v) is 4.07. The first-order chi connectivity index (χ1) is 7.31. The molecule has 1 fully saturated rings. The third-order valence-electron chi connectivity index (χ3n) is 2.89. The Bertz CT molecular complexity index is 316. The first-order valence-electron chi connectivity index (χ1n) is 5.59. The van der Waals surface area contributed by atoms with Crippen LogP contribution in [0.25, 0.3) is 0 Å². The quantitative estimate of drug-likeness (QED) is 0.781. The van der Waals surface area contributed by atoms with Crippen molar-refractivity contribution in [2.24, 2.45) is 0 Å². The minimum atomic E-state index is 0.0995. The molecular weight excluding hydrogens is 192 g/mol. The predicted octanol–water partition coefficient (Wildman–Crippen LogP) is 0.985. The van der Waals surface area contributed by atoms with Crippen molar-refractivity contribution in [3.8, 4) is 0 Å². The van der Waals surface area contributed by atoms with Crippen LogP contribution in [0.4, 0.5) is 0 Å². The number of aliphatic hydroxyl groups is 1. The molecule has 1 aliphatic heterocycles. The summed E-state index contributed by atoms with van der Waals surface area (Å²) >= 11 is 0. The first-order valence-corrected chi connectivity index (χ1v) is 5.59. The van der Waals surface area contributed by atoms with Crippen molar-refractivity contribution in [3.63, 3.8) is 0 Å². The van der Waals surface area contributed by atoms with Crippen LogP contribution in [-0.4, -0.2) is 29.8 Å². The standard InChI is InChI=1S/C11H18N2O2/c1-8-11(9-3-2-5-12-7-9)13-10(15-8)4-6-14/h9,12,14H,2-7H2,1H3. The largest absolute Gasteiger partial charge is 0.446 e. The van der Waals surface area contributed by atoms with Crippen LogP contribution in [0, 0.1) is 6.92 Å². The Balaban J connectivity index is 2.11. The van der Waals surface area contributed by atoms with E-state index in [-0.39, 0.29) is 6.61 Å². The van der Waals surface area contributed by atoms with Gasteiger partial charge in [0.2, 0.25) is 0 Å². The number of rotatable bonds is 3. The van der Waals surface area contributed by atoms with Crippen LogP contribution >= 0.6 is 0 Å². The highest BCUT2D eigenvalue weighted by molar-refractivity contribution is 5.15. The molecule has 1 atom stereocenters. The summed E-state index contributed by atoms with van der Waals surface area (Å²) < 4.78 is 5.51. The van der Waals surface area contributed by atoms with E-state index < -0.39 is 0 Å². The zero-order valence-corrected chi connectivity index (χ0v) is 9.12. The van der Waals surface area contributed by atoms with Crippen LogP contribution < -0.4 is 5.32 Å². The van der Waals surface area contributed by atoms with Gasteiger partial charge in [0.05, 0.1) is 12.3 Å². The molecule has 1 aromatic rings. The van der Waals surface area contributed by atoms with Gasteiger partial charge in [0.25, 0.3) is 0 Å². The van der Waals surface area contributed by atoms with E-state index in [2.05, 4.69) is 10.3 Å². The molecule has 0 spiro atoms. The number of piperidine rings is 1. The average molecular weight is 210 g/mol. The van der Waals surface area contributed by atoms with E-state index in [1.165, 1.54) is 12.8 Å². The lowest BCUT2D eigenvalue weighted by atomic mass is 9.95. The number of nitrogens with zero attached hydrogens (tertiary/aromatic N) is 1. The Labute approximate surface area is 89.7 Å². The van der Waals surface area contributed by atoms with Crippen molar-refractivity contribution in [1.82, 2.24) is 10.3 Å². The molecule has 1 aromatic heterocycles. The van der Waals surface area contributed by atoms with Crippen molar-refractivity contribution in [1.29, 1.82) is 0 Å². The van der Waals surface area contributed by atoms with Crippen LogP contribution in [0.5, 0.6) is 0 Å². The van der Waals surface area contributed by atoms with E-state index in [1.807, 2.05) is 6.92 Å². The van der Waals surface area contributed by atoms with Crippen molar-refractivity contribution in [2.75, 3.05) is 19.7 Å². The fourth-order valence-electron chi connectivity index (χ4n) is 2.13. The summed E-state index contributed by atoms with van der Waals surface area (Å²) in [6.07, 6.45) is 2.90. The van der Waals surface area contributed by atoms with Gasteiger partial charge in [0.15, 0.2) is 5.89 Å². The Morgan fingerprint density at radius 2 is 2.47 bits per heavy atom. The average Bonchev–Trinajstić information content (AvgIpc) is 2.61. The lowest BCUT2D eigenvalue weighted by Gasteiger charge is -2.21. The number of hydrogen-bond donors (Lipinski definition) is 2. The van der Waals surface area contributed by atoms with Gasteiger partial charge in [0, 0.05) is 18.9 Å². The lowest BCUT2D eigenvalue weighted by molar-refractivity contribution is 0.284. The Morgan fingerprint density at radius 1 is 1.60 bits per heavy atom. The second-order valence-electron chi connectivity index (χ2n) is 4.07. The van der Waals surface area contributed by atoms with Crippen LogP contribution in [0.15, 0.2) is 4.42 Å². The minimum Gasteiger partial charge on any atom is -0.446 e. The monoisotopic (exact) mass is 210 g/mol. The first kappa shape index (κ1) is 10.6. The van der Waals surface area contributed by atoms with Crippen LogP contribution in [0.2, 0.25) is 0 Å². The van der Waals surface area contributed by atoms with Gasteiger partial charge in [-0.25, -0.2) is 4.98 Å². The molecule has 0 amide bonds. The third-order valence-corrected chi connectivity index (χ3v) is 2.89. The maximum absolute atomic E-state index is 8.82. The molecule has 4 nitrogen and oxygen atoms in total. The van der Waals surface area contributed by atoms with E-state index in [0.29, 0.717) is 18.2 Å². The van der Waals surface area contributed by atoms with Crippen LogP contribution in [0.1, 0.15) is 36.1 Å². The molecule has 0 aliphatic carbocycles. The number of aryl methyl sites for hydroxylation is 1. The summed E-state index contributed by atoms with van der Waals surface area (Å²) in [5.41, 5.74) is 1.07. The molecular formula is C11H18N2O2. The molecule has 2 N–H and O–H groups in total. The van der Waals surface area contributed by atoms with E-state index in [1.54, 1.807) is 0 Å². The molecule has 0 bridgehead atoms. The molecule has 0 saturated carbocycles. The van der Waals surface area contributed by atoms with E-state index in [0.717, 1.165) is 24.5 Å². The van der Waals surface area contributed by atoms with Gasteiger partial charge in [0.1, 0.15) is 5.76 Å². The molecule has 0 radical (unpaired) electrons. The molecule has 1 unspecified atom stereocenters. The Morgan fingerprint density at radius 3 is 3.13 bits per heavy atom. The number of oxazole rings is 1. The number of aromatic nitrogens is 1. The van der Waals surface area contributed by atoms with Gasteiger partial charge in [-0.2, -0.15) is 0 Å². The highest BCUT2D eigenvalue weighted by Gasteiger charge is 2.21. The van der Waals surface area contributed by atoms with E-state index in [9.17, 15) is 0 Å². The summed E-state index contributed by atoms with van der Waals surface area (Å²) in [6, 6.07) is 0. The molecule has 2 heterocycles. The summed E-state index contributed by atoms with van der Waals surface area (Å²) in [5.74, 6) is 2.05. The topological polar surface area (TPSA) is 58.3 Å². The van der Waals surface area contributed by atoms with Crippen molar-refractivity contribution in [2.45, 2.75) is 32.1 Å². The highest BCUT2D eigenvalue weighted by atomic mass is 16.4. The molecule has 2 rings (SSSR count). The summed E-state index contributed by atoms with van der Waals surface area (Å²) in [5, 5.41) is 12.2. The molecule has 15 heavy (non-hydrogen) atoms. The van der Waals surface area contributed by atoms with Gasteiger partial charge in [-0.15, -0.1) is 0 Å². The minimum absolute atomic E-state index is 0.0995. The Kier molecular flexibility index (Phi) is 3.38. The molecule has 84 valence electrons. The maximum atomic E-state index is 8.82. The van der Waals surface area contributed by atoms with E-state index >= 15 is 0 Å². The summed E-state index contributed by atoms with van der Waals surface area (Å²) in [7, 11) is 0. The zero-order chi connectivity index (χ0) is 10.7. The lowest BCUT2D eigenvalue weighted by Crippen LogP contribution is -2.28. The molecule has 4 heteroatoms. The van der Waals surface area contributed by atoms with Crippen molar-refractivity contribution in [3.05, 3.63) is 17.3 Å². The Hall–Kier alpha value is -0.870. The fraction of sp³-hybridized carbons (Fsp3) is 0.727. The summed E-state index contributed by atoms with van der Waals surface area (Å²) in [4.78, 5) is 4.46. The van der Waals surface area contributed by atoms with Crippen LogP contribution in [-0.2, 0) is 6.42 Å². The van der Waals surface area contributed by atoms with Gasteiger partial charge >= 0.3 is 0 Å². The van der Waals surface area contributed by atoms with Gasteiger partial charge < -0.3 is 14.8 Å². The normalized spacial score (nSPS) is 21.9. The number of hydrogen-bond acceptors (Lipinski definition) is 4. The van der Waals surface area contributed by atoms with Gasteiger partial charge in [-0.1, -0.05) is 0 Å². The second kappa shape index (κ2) is 4.77. The van der Waals surface area contributed by atoms with Crippen molar-refractivity contribution >= 4 is 0 Å². The van der Waals surface area contributed by atoms with Crippen LogP contribution in [0.3, 0.4) is 0 Å². The SMILES string of the molecule is Cc1oc(CCO)nc1C1CCCNC1. The maximum Gasteiger partial charge on any atom is 0.196 e. The van der Waals surface area contributed by atoms with Crippen molar-refractivity contribution < 1.29 is 9.52 Å². The molecule has 0 aromatic carbocycles. The summed E-state index contributed by atoms with van der Waals surface area (Å²) in [6.45, 7) is 4.16. The predicted molar refractivity (Wildman–Crippen MR) is 56.9 cm³/mol. The molecule has 1 aliphatic rings. The number of nitrogens with one attached hydrogen (secondary N) is 1. The highest BCUT2D eigenvalue weighted by Crippen LogP contribution is 2.25.